The molecule has 1 N–H and O–H groups in total. The highest BCUT2D eigenvalue weighted by Crippen LogP contribution is 2.45. The van der Waals surface area contributed by atoms with Crippen molar-refractivity contribution in [1.29, 1.82) is 0 Å². The molecule has 2 atom stereocenters. The van der Waals surface area contributed by atoms with E-state index in [1.807, 2.05) is 72.8 Å². The highest BCUT2D eigenvalue weighted by atomic mass is 19.1. The van der Waals surface area contributed by atoms with Gasteiger partial charge in [-0.3, -0.25) is 14.4 Å². The number of rotatable bonds is 9. The molecule has 8 rings (SSSR count). The first-order valence-electron chi connectivity index (χ1n) is 18.0. The Morgan fingerprint density at radius 2 is 1.60 bits per heavy atom. The Balaban J connectivity index is 0.908. The van der Waals surface area contributed by atoms with Crippen LogP contribution in [0.1, 0.15) is 46.5 Å². The lowest BCUT2D eigenvalue weighted by atomic mass is 10.0. The van der Waals surface area contributed by atoms with E-state index < -0.39 is 36.2 Å². The molecule has 1 saturated heterocycles. The van der Waals surface area contributed by atoms with Crippen molar-refractivity contribution in [3.63, 3.8) is 0 Å². The molecular formula is C43H37FN6O5. The lowest BCUT2D eigenvalue weighted by molar-refractivity contribution is -0.137. The zero-order chi connectivity index (χ0) is 38.2. The number of alkyl halides is 1. The number of Topliss-reactive ketones (excluding diaryl/α,β-unsaturated/α-hetero) is 1. The van der Waals surface area contributed by atoms with Crippen LogP contribution in [0.15, 0.2) is 116 Å². The lowest BCUT2D eigenvalue weighted by Crippen LogP contribution is -2.44. The van der Waals surface area contributed by atoms with Crippen molar-refractivity contribution in [2.24, 2.45) is 0 Å². The topological polar surface area (TPSA) is 127 Å². The molecular weight excluding hydrogens is 700 g/mol. The van der Waals surface area contributed by atoms with Gasteiger partial charge in [-0.25, -0.2) is 9.18 Å². The Labute approximate surface area is 316 Å². The smallest absolute Gasteiger partial charge is 0.410 e. The maximum Gasteiger partial charge on any atom is 0.410 e. The summed E-state index contributed by atoms with van der Waals surface area (Å²) in [5.74, 6) is -1.11. The van der Waals surface area contributed by atoms with Crippen molar-refractivity contribution in [3.8, 4) is 22.3 Å². The fourth-order valence-electron chi connectivity index (χ4n) is 7.58. The molecule has 55 heavy (non-hydrogen) atoms. The molecule has 4 aromatic carbocycles. The van der Waals surface area contributed by atoms with Crippen LogP contribution < -0.4 is 5.32 Å². The minimum atomic E-state index is -1.37. The largest absolute Gasteiger partial charge is 0.436 e. The quantitative estimate of drug-likeness (QED) is 0.155. The Morgan fingerprint density at radius 3 is 2.27 bits per heavy atom. The monoisotopic (exact) mass is 736 g/mol. The first-order valence-corrected chi connectivity index (χ1v) is 18.0. The van der Waals surface area contributed by atoms with E-state index in [4.69, 9.17) is 4.74 Å². The van der Waals surface area contributed by atoms with Gasteiger partial charge in [0.05, 0.1) is 18.9 Å². The number of hydrogen-bond acceptors (Lipinski definition) is 7. The van der Waals surface area contributed by atoms with Crippen LogP contribution in [-0.2, 0) is 27.4 Å². The number of likely N-dealkylation sites (tertiary alicyclic amines) is 1. The average Bonchev–Trinajstić information content (AvgIpc) is 3.87. The molecule has 0 spiro atoms. The summed E-state index contributed by atoms with van der Waals surface area (Å²) in [5.41, 5.74) is 8.04. The number of ether oxygens (including phenoxy) is 1. The highest BCUT2D eigenvalue weighted by molar-refractivity contribution is 6.08. The fourth-order valence-corrected chi connectivity index (χ4v) is 7.58. The van der Waals surface area contributed by atoms with Gasteiger partial charge in [-0.15, -0.1) is 0 Å². The third kappa shape index (κ3) is 6.94. The molecule has 3 heterocycles. The standard InChI is InChI=1S/C43H37FN6O5/c1-26(51)37-24-49(38-16-13-28(19-36(37)38)29-17-18-45-46-21-29)25-40(52)50-23-30(44)20-39(50)42(53)47-31-14-11-27(12-15-31)22-48(2)43(54)55-41-34-9-5-3-7-32(34)33-8-4-6-10-35(33)41/h3-19,21,24,30,39,41H,20,22-23,25H2,1-2H3,(H,47,53)/t30-,39+/m1/s1. The van der Waals surface area contributed by atoms with Gasteiger partial charge in [0.2, 0.25) is 11.8 Å². The van der Waals surface area contributed by atoms with Crippen LogP contribution in [0, 0.1) is 0 Å². The lowest BCUT2D eigenvalue weighted by Gasteiger charge is -2.24. The van der Waals surface area contributed by atoms with Gasteiger partial charge >= 0.3 is 6.09 Å². The van der Waals surface area contributed by atoms with Gasteiger partial charge < -0.3 is 24.4 Å². The number of benzene rings is 4. The molecule has 1 aliphatic carbocycles. The van der Waals surface area contributed by atoms with Crippen molar-refractivity contribution >= 4 is 40.3 Å². The van der Waals surface area contributed by atoms with E-state index in [9.17, 15) is 23.6 Å². The van der Waals surface area contributed by atoms with Gasteiger partial charge in [0.15, 0.2) is 11.9 Å². The summed E-state index contributed by atoms with van der Waals surface area (Å²) >= 11 is 0. The van der Waals surface area contributed by atoms with E-state index >= 15 is 0 Å². The number of carbonyl (C=O) groups excluding carboxylic acids is 4. The normalized spacial score (nSPS) is 16.1. The molecule has 12 heteroatoms. The summed E-state index contributed by atoms with van der Waals surface area (Å²) in [5, 5.41) is 11.3. The third-order valence-corrected chi connectivity index (χ3v) is 10.3. The molecule has 2 aliphatic rings. The van der Waals surface area contributed by atoms with Crippen molar-refractivity contribution in [2.75, 3.05) is 18.9 Å². The third-order valence-electron chi connectivity index (χ3n) is 10.3. The van der Waals surface area contributed by atoms with Crippen LogP contribution in [0.2, 0.25) is 0 Å². The van der Waals surface area contributed by atoms with E-state index in [2.05, 4.69) is 15.5 Å². The Bertz CT molecular complexity index is 2400. The minimum absolute atomic E-state index is 0.132. The maximum atomic E-state index is 14.8. The first kappa shape index (κ1) is 35.3. The van der Waals surface area contributed by atoms with Crippen LogP contribution in [-0.4, -0.2) is 74.1 Å². The Kier molecular flexibility index (Phi) is 9.39. The summed E-state index contributed by atoms with van der Waals surface area (Å²) in [6, 6.07) is 29.2. The van der Waals surface area contributed by atoms with Gasteiger partial charge in [-0.2, -0.15) is 10.2 Å². The fraction of sp³-hybridized carbons (Fsp3) is 0.209. The number of hydrogen-bond donors (Lipinski definition) is 1. The van der Waals surface area contributed by atoms with Gasteiger partial charge in [0.25, 0.3) is 0 Å². The van der Waals surface area contributed by atoms with Crippen LogP contribution in [0.4, 0.5) is 14.9 Å². The zero-order valence-electron chi connectivity index (χ0n) is 30.2. The predicted octanol–water partition coefficient (Wildman–Crippen LogP) is 7.22. The SMILES string of the molecule is CC(=O)c1cn(CC(=O)N2C[C@H](F)C[C@H]2C(=O)Nc2ccc(CN(C)C(=O)OC3c4ccccc4-c4ccccc43)cc2)c2ccc(-c3ccnnc3)cc12. The van der Waals surface area contributed by atoms with Crippen LogP contribution in [0.25, 0.3) is 33.2 Å². The van der Waals surface area contributed by atoms with Crippen molar-refractivity contribution in [2.45, 2.75) is 44.8 Å². The molecule has 6 aromatic rings. The maximum absolute atomic E-state index is 14.8. The minimum Gasteiger partial charge on any atom is -0.436 e. The molecule has 0 radical (unpaired) electrons. The molecule has 0 saturated carbocycles. The summed E-state index contributed by atoms with van der Waals surface area (Å²) in [6.45, 7) is 1.33. The number of aromatic nitrogens is 3. The second-order valence-corrected chi connectivity index (χ2v) is 14.0. The van der Waals surface area contributed by atoms with Crippen molar-refractivity contribution in [1.82, 2.24) is 24.6 Å². The Morgan fingerprint density at radius 1 is 0.891 bits per heavy atom. The number of nitrogens with zero attached hydrogens (tertiary/aromatic N) is 5. The molecule has 2 aromatic heterocycles. The molecule has 0 unspecified atom stereocenters. The second-order valence-electron chi connectivity index (χ2n) is 14.0. The van der Waals surface area contributed by atoms with Gasteiger partial charge in [-0.05, 0) is 59.5 Å². The van der Waals surface area contributed by atoms with Crippen LogP contribution in [0.3, 0.4) is 0 Å². The molecule has 1 aliphatic heterocycles. The van der Waals surface area contributed by atoms with Gasteiger partial charge in [0.1, 0.15) is 18.8 Å². The molecule has 1 fully saturated rings. The molecule has 276 valence electrons. The summed E-state index contributed by atoms with van der Waals surface area (Å²) in [4.78, 5) is 55.8. The summed E-state index contributed by atoms with van der Waals surface area (Å²) < 4.78 is 22.5. The number of anilines is 1. The van der Waals surface area contributed by atoms with Gasteiger partial charge in [-0.1, -0.05) is 66.7 Å². The number of fused-ring (bicyclic) bond motifs is 4. The average molecular weight is 737 g/mol. The summed E-state index contributed by atoms with van der Waals surface area (Å²) in [7, 11) is 1.67. The number of carbonyl (C=O) groups is 4. The first-order chi connectivity index (χ1) is 26.6. The van der Waals surface area contributed by atoms with E-state index in [-0.39, 0.29) is 31.8 Å². The molecule has 0 bridgehead atoms. The van der Waals surface area contributed by atoms with Crippen molar-refractivity contribution < 1.29 is 28.3 Å². The van der Waals surface area contributed by atoms with Gasteiger partial charge in [0, 0.05) is 65.1 Å². The highest BCUT2D eigenvalue weighted by Gasteiger charge is 2.40. The van der Waals surface area contributed by atoms with E-state index in [1.165, 1.54) is 16.7 Å². The Hall–Kier alpha value is -6.69. The van der Waals surface area contributed by atoms with E-state index in [0.717, 1.165) is 38.9 Å². The molecule has 11 nitrogen and oxygen atoms in total. The second kappa shape index (κ2) is 14.6. The number of ketones is 1. The predicted molar refractivity (Wildman–Crippen MR) is 205 cm³/mol. The summed E-state index contributed by atoms with van der Waals surface area (Å²) in [6.07, 6.45) is 2.36. The van der Waals surface area contributed by atoms with E-state index in [0.29, 0.717) is 22.2 Å². The molecule has 3 amide bonds. The van der Waals surface area contributed by atoms with Crippen LogP contribution in [0.5, 0.6) is 0 Å². The van der Waals surface area contributed by atoms with Crippen LogP contribution >= 0.6 is 0 Å². The van der Waals surface area contributed by atoms with Crippen molar-refractivity contribution in [3.05, 3.63) is 138 Å². The zero-order valence-corrected chi connectivity index (χ0v) is 30.2. The number of halogens is 1. The number of amides is 3. The van der Waals surface area contributed by atoms with E-state index in [1.54, 1.807) is 54.5 Å². The number of nitrogens with one attached hydrogen (secondary N) is 1.